The maximum Gasteiger partial charge on any atom is 0.229 e. The number of nitrogens with zero attached hydrogens (tertiary/aromatic N) is 4. The normalized spacial score (nSPS) is 9.53. The second-order valence-corrected chi connectivity index (χ2v) is 12.1. The number of anilines is 2. The molecule has 0 unspecified atom stereocenters. The van der Waals surface area contributed by atoms with Crippen LogP contribution in [0, 0.1) is 4.43 Å². The number of rotatable bonds is 9. The van der Waals surface area contributed by atoms with Gasteiger partial charge in [0.1, 0.15) is 35.8 Å². The minimum atomic E-state index is -0.314. The van der Waals surface area contributed by atoms with Crippen molar-refractivity contribution in [2.24, 2.45) is 0 Å². The summed E-state index contributed by atoms with van der Waals surface area (Å²) in [5.41, 5.74) is 10.7. The molecule has 0 aliphatic heterocycles. The van der Waals surface area contributed by atoms with Crippen molar-refractivity contribution in [3.8, 4) is 34.0 Å². The van der Waals surface area contributed by atoms with E-state index in [1.54, 1.807) is 26.4 Å². The third-order valence-electron chi connectivity index (χ3n) is 6.78. The van der Waals surface area contributed by atoms with Gasteiger partial charge in [0.25, 0.3) is 0 Å². The number of nitrogen functional groups attached to an aromatic ring is 1. The second kappa shape index (κ2) is 25.2. The van der Waals surface area contributed by atoms with Crippen molar-refractivity contribution in [3.63, 3.8) is 0 Å². The first-order chi connectivity index (χ1) is 25.3. The van der Waals surface area contributed by atoms with Gasteiger partial charge in [0.15, 0.2) is 0 Å². The van der Waals surface area contributed by atoms with Crippen LogP contribution in [0.2, 0.25) is 0 Å². The zero-order valence-electron chi connectivity index (χ0n) is 29.4. The van der Waals surface area contributed by atoms with Gasteiger partial charge in [-0.3, -0.25) is 14.0 Å². The Bertz CT molecular complexity index is 1980. The molecule has 0 spiro atoms. The predicted molar refractivity (Wildman–Crippen MR) is 216 cm³/mol. The standard InChI is InChI=1S/C19H17N3O2.C11H11N3O.C8H7ClO.C2H4I.V/c1-24-17-10-6-5-9-15(17)16-12-18(21-13-20-16)22-19(23)11-14-7-3-2-4-8-14;1-15-10-5-3-2-4-8(10)9-6-11(12)14-7-13-9;9-8(10)6-7-4-2-1-3-5-7;1-2-3;/h2-10,12-13H,11H2,1H3,(H,20,21,22,23);2-7H,1H3,(H2,12,13,14);1-5H,6H2;2H,1H3;/q;;;-1;. The quantitative estimate of drug-likeness (QED) is 0.0829. The average Bonchev–Trinajstić information content (AvgIpc) is 3.16. The Balaban J connectivity index is 0.000000286. The Morgan fingerprint density at radius 1 is 0.698 bits per heavy atom. The van der Waals surface area contributed by atoms with E-state index in [4.69, 9.17) is 26.8 Å². The van der Waals surface area contributed by atoms with Gasteiger partial charge in [-0.05, 0) is 47.0 Å². The number of nitrogens with one attached hydrogen (secondary N) is 1. The first-order valence-corrected chi connectivity index (χ1v) is 17.5. The van der Waals surface area contributed by atoms with E-state index in [2.05, 4.69) is 47.8 Å². The van der Waals surface area contributed by atoms with Gasteiger partial charge in [-0.2, -0.15) is 6.92 Å². The SMILES string of the molecule is COc1ccccc1-c1cc(N)ncn1.COc1ccccc1-c1cc(NC(=O)Cc2ccccc2)ncn1.C[CH-]I.O=C(Cl)Cc1ccccc1.[V]. The number of nitrogens with two attached hydrogens (primary N) is 1. The summed E-state index contributed by atoms with van der Waals surface area (Å²) in [7, 11) is 3.24. The fourth-order valence-electron chi connectivity index (χ4n) is 4.53. The number of carbonyl (C=O) groups excluding carboxylic acids is 2. The van der Waals surface area contributed by atoms with Crippen molar-refractivity contribution in [2.45, 2.75) is 19.8 Å². The number of ether oxygens (including phenoxy) is 2. The molecule has 4 aromatic carbocycles. The summed E-state index contributed by atoms with van der Waals surface area (Å²) in [5.74, 6) is 2.29. The van der Waals surface area contributed by atoms with E-state index in [-0.39, 0.29) is 29.7 Å². The van der Waals surface area contributed by atoms with Gasteiger partial charge in [-0.25, -0.2) is 19.9 Å². The van der Waals surface area contributed by atoms with Crippen LogP contribution >= 0.6 is 34.2 Å². The van der Waals surface area contributed by atoms with Crippen molar-refractivity contribution in [3.05, 3.63) is 150 Å². The van der Waals surface area contributed by atoms with Crippen LogP contribution in [0.1, 0.15) is 18.1 Å². The number of carbonyl (C=O) groups is 2. The zero-order valence-corrected chi connectivity index (χ0v) is 33.7. The summed E-state index contributed by atoms with van der Waals surface area (Å²) >= 11 is 7.34. The summed E-state index contributed by atoms with van der Waals surface area (Å²) in [6.45, 7) is 1.99. The van der Waals surface area contributed by atoms with Gasteiger partial charge in [-0.15, -0.1) is 0 Å². The molecule has 1 amide bonds. The van der Waals surface area contributed by atoms with E-state index in [0.29, 0.717) is 30.2 Å². The average molecular weight is 881 g/mol. The van der Waals surface area contributed by atoms with E-state index in [0.717, 1.165) is 39.4 Å². The molecule has 10 nitrogen and oxygen atoms in total. The fraction of sp³-hybridized carbons (Fsp3) is 0.125. The minimum Gasteiger partial charge on any atom is -0.496 e. The number of aromatic nitrogens is 4. The molecule has 0 fully saturated rings. The van der Waals surface area contributed by atoms with Crippen molar-refractivity contribution >= 4 is 57.0 Å². The smallest absolute Gasteiger partial charge is 0.229 e. The Labute approximate surface area is 341 Å². The number of halogens is 2. The van der Waals surface area contributed by atoms with Gasteiger partial charge in [0.2, 0.25) is 11.1 Å². The maximum absolute atomic E-state index is 12.2. The second-order valence-electron chi connectivity index (χ2n) is 10.5. The first-order valence-electron chi connectivity index (χ1n) is 15.9. The van der Waals surface area contributed by atoms with E-state index < -0.39 is 0 Å². The van der Waals surface area contributed by atoms with E-state index in [1.807, 2.05) is 121 Å². The van der Waals surface area contributed by atoms with Crippen LogP contribution in [0.4, 0.5) is 11.6 Å². The molecule has 53 heavy (non-hydrogen) atoms. The number of hydrogen-bond donors (Lipinski definition) is 2. The minimum absolute atomic E-state index is 0. The molecule has 0 saturated carbocycles. The monoisotopic (exact) mass is 880 g/mol. The summed E-state index contributed by atoms with van der Waals surface area (Å²) in [6, 6.07) is 37.7. The number of methoxy groups -OCH3 is 2. The van der Waals surface area contributed by atoms with Crippen LogP contribution < -0.4 is 20.5 Å². The van der Waals surface area contributed by atoms with Crippen LogP contribution in [0.5, 0.6) is 11.5 Å². The largest absolute Gasteiger partial charge is 0.496 e. The summed E-state index contributed by atoms with van der Waals surface area (Å²) in [5, 5.41) is 2.49. The van der Waals surface area contributed by atoms with Gasteiger partial charge in [-0.1, -0.05) is 84.9 Å². The van der Waals surface area contributed by atoms with Crippen molar-refractivity contribution < 1.29 is 37.6 Å². The van der Waals surface area contributed by atoms with Crippen LogP contribution in [-0.4, -0.2) is 45.3 Å². The van der Waals surface area contributed by atoms with E-state index >= 15 is 0 Å². The first kappa shape index (κ1) is 44.3. The number of para-hydroxylation sites is 2. The molecule has 13 heteroatoms. The molecule has 6 rings (SSSR count). The molecular formula is C40H39ClIN6O4V-. The molecule has 0 aliphatic rings. The summed E-state index contributed by atoms with van der Waals surface area (Å²) in [4.78, 5) is 38.9. The van der Waals surface area contributed by atoms with E-state index in [9.17, 15) is 9.59 Å². The maximum atomic E-state index is 12.2. The number of benzene rings is 4. The van der Waals surface area contributed by atoms with Gasteiger partial charge >= 0.3 is 0 Å². The van der Waals surface area contributed by atoms with Crippen LogP contribution in [0.15, 0.2) is 134 Å². The molecule has 1 radical (unpaired) electrons. The Morgan fingerprint density at radius 2 is 1.13 bits per heavy atom. The predicted octanol–water partition coefficient (Wildman–Crippen LogP) is 8.66. The zero-order chi connectivity index (χ0) is 37.6. The van der Waals surface area contributed by atoms with Crippen LogP contribution in [0.25, 0.3) is 22.5 Å². The molecule has 6 aromatic rings. The number of amides is 1. The molecule has 2 heterocycles. The number of hydrogen-bond acceptors (Lipinski definition) is 9. The van der Waals surface area contributed by atoms with E-state index in [1.165, 1.54) is 12.7 Å². The van der Waals surface area contributed by atoms with Crippen LogP contribution in [0.3, 0.4) is 0 Å². The Morgan fingerprint density at radius 3 is 1.60 bits per heavy atom. The molecule has 273 valence electrons. The Hall–Kier alpha value is -4.82. The summed E-state index contributed by atoms with van der Waals surface area (Å²) in [6.07, 6.45) is 3.49. The molecule has 0 aliphatic carbocycles. The van der Waals surface area contributed by atoms with Crippen molar-refractivity contribution in [1.29, 1.82) is 0 Å². The Kier molecular flexibility index (Phi) is 21.1. The molecule has 0 bridgehead atoms. The van der Waals surface area contributed by atoms with Gasteiger partial charge < -0.3 is 43.1 Å². The molecule has 0 saturated heterocycles. The molecular weight excluding hydrogens is 842 g/mol. The fourth-order valence-corrected chi connectivity index (χ4v) is 4.68. The molecule has 2 aromatic heterocycles. The third kappa shape index (κ3) is 16.2. The summed E-state index contributed by atoms with van der Waals surface area (Å²) < 4.78 is 12.6. The molecule has 0 atom stereocenters. The van der Waals surface area contributed by atoms with Gasteiger partial charge in [0, 0.05) is 48.2 Å². The third-order valence-corrected chi connectivity index (χ3v) is 6.92. The molecule has 3 N–H and O–H groups in total. The van der Waals surface area contributed by atoms with Crippen molar-refractivity contribution in [2.75, 3.05) is 25.3 Å². The van der Waals surface area contributed by atoms with Crippen molar-refractivity contribution in [1.82, 2.24) is 19.9 Å². The topological polar surface area (TPSA) is 142 Å². The van der Waals surface area contributed by atoms with Crippen LogP contribution in [-0.2, 0) is 41.0 Å². The van der Waals surface area contributed by atoms with Gasteiger partial charge in [0.05, 0.1) is 32.0 Å².